The predicted octanol–water partition coefficient (Wildman–Crippen LogP) is 4.69. The molecule has 212 valence electrons. The second kappa shape index (κ2) is 11.3. The van der Waals surface area contributed by atoms with Crippen LogP contribution in [0.1, 0.15) is 38.2 Å². The molecule has 0 saturated carbocycles. The molecule has 1 atom stereocenters. The molecule has 0 aliphatic carbocycles. The van der Waals surface area contributed by atoms with Crippen LogP contribution in [0.25, 0.3) is 22.4 Å². The number of imide groups is 1. The van der Waals surface area contributed by atoms with Crippen molar-refractivity contribution in [3.8, 4) is 11.3 Å². The van der Waals surface area contributed by atoms with Gasteiger partial charge in [-0.15, -0.1) is 0 Å². The fourth-order valence-corrected chi connectivity index (χ4v) is 5.68. The van der Waals surface area contributed by atoms with Crippen molar-refractivity contribution in [3.63, 3.8) is 0 Å². The third-order valence-electron chi connectivity index (χ3n) is 7.91. The van der Waals surface area contributed by atoms with Crippen LogP contribution in [0.5, 0.6) is 0 Å². The first-order chi connectivity index (χ1) is 19.8. The molecule has 12 heteroatoms. The third kappa shape index (κ3) is 5.86. The Morgan fingerprint density at radius 1 is 1.10 bits per heavy atom. The SMILES string of the molecule is CC1(NCc2ccc(NC3CCC(=O)NC3=O)cc2)CCN(c2cnc3c(-c4cccc(Cl)c4Cl)n[nH]c3n2)CC1. The van der Waals surface area contributed by atoms with Crippen molar-refractivity contribution in [3.05, 3.63) is 64.3 Å². The lowest BCUT2D eigenvalue weighted by atomic mass is 9.89. The Balaban J connectivity index is 1.04. The number of hydrogen-bond acceptors (Lipinski definition) is 8. The highest BCUT2D eigenvalue weighted by atomic mass is 35.5. The lowest BCUT2D eigenvalue weighted by Crippen LogP contribution is -2.51. The van der Waals surface area contributed by atoms with Gasteiger partial charge in [0.2, 0.25) is 11.8 Å². The molecule has 6 rings (SSSR count). The highest BCUT2D eigenvalue weighted by molar-refractivity contribution is 6.43. The normalized spacial score (nSPS) is 18.9. The summed E-state index contributed by atoms with van der Waals surface area (Å²) in [5.41, 5.74) is 4.61. The maximum Gasteiger partial charge on any atom is 0.249 e. The van der Waals surface area contributed by atoms with Gasteiger partial charge in [0.05, 0.1) is 16.2 Å². The van der Waals surface area contributed by atoms with Crippen LogP contribution in [-0.4, -0.2) is 56.6 Å². The number of aromatic amines is 1. The molecular formula is C29H30Cl2N8O2. The van der Waals surface area contributed by atoms with Crippen molar-refractivity contribution in [1.29, 1.82) is 0 Å². The summed E-state index contributed by atoms with van der Waals surface area (Å²) in [6.07, 6.45) is 4.55. The first-order valence-electron chi connectivity index (χ1n) is 13.6. The molecule has 4 aromatic rings. The molecule has 1 unspecified atom stereocenters. The first kappa shape index (κ1) is 27.4. The molecule has 2 aliphatic rings. The number of benzene rings is 2. The van der Waals surface area contributed by atoms with Crippen molar-refractivity contribution in [2.75, 3.05) is 23.3 Å². The zero-order valence-corrected chi connectivity index (χ0v) is 24.0. The summed E-state index contributed by atoms with van der Waals surface area (Å²) in [5, 5.41) is 17.7. The Kier molecular flexibility index (Phi) is 7.54. The van der Waals surface area contributed by atoms with Crippen LogP contribution in [0, 0.1) is 0 Å². The summed E-state index contributed by atoms with van der Waals surface area (Å²) in [4.78, 5) is 35.1. The van der Waals surface area contributed by atoms with E-state index in [1.165, 1.54) is 0 Å². The summed E-state index contributed by atoms with van der Waals surface area (Å²) < 4.78 is 0. The number of carbonyl (C=O) groups excluding carboxylic acids is 2. The fourth-order valence-electron chi connectivity index (χ4n) is 5.29. The molecule has 0 radical (unpaired) electrons. The van der Waals surface area contributed by atoms with Gasteiger partial charge < -0.3 is 15.5 Å². The van der Waals surface area contributed by atoms with E-state index in [0.717, 1.165) is 49.5 Å². The fraction of sp³-hybridized carbons (Fsp3) is 0.345. The molecule has 2 aromatic heterocycles. The minimum Gasteiger partial charge on any atom is -0.374 e. The van der Waals surface area contributed by atoms with E-state index in [4.69, 9.17) is 28.2 Å². The molecule has 2 aliphatic heterocycles. The molecule has 41 heavy (non-hydrogen) atoms. The van der Waals surface area contributed by atoms with Crippen molar-refractivity contribution >= 4 is 57.7 Å². The minimum atomic E-state index is -0.386. The molecule has 2 aromatic carbocycles. The minimum absolute atomic E-state index is 0.0117. The van der Waals surface area contributed by atoms with Gasteiger partial charge in [0.25, 0.3) is 0 Å². The number of anilines is 2. The molecule has 4 heterocycles. The molecule has 0 bridgehead atoms. The zero-order chi connectivity index (χ0) is 28.6. The van der Waals surface area contributed by atoms with Gasteiger partial charge in [-0.1, -0.05) is 47.5 Å². The Labute approximate surface area is 247 Å². The number of piperidine rings is 2. The molecule has 2 amide bonds. The number of halogens is 2. The van der Waals surface area contributed by atoms with Crippen LogP contribution in [-0.2, 0) is 16.1 Å². The number of rotatable bonds is 7. The molecule has 10 nitrogen and oxygen atoms in total. The Morgan fingerprint density at radius 2 is 1.88 bits per heavy atom. The summed E-state index contributed by atoms with van der Waals surface area (Å²) in [7, 11) is 0. The maximum atomic E-state index is 12.0. The van der Waals surface area contributed by atoms with Crippen LogP contribution < -0.4 is 20.9 Å². The van der Waals surface area contributed by atoms with Gasteiger partial charge >= 0.3 is 0 Å². The number of H-pyrrole nitrogens is 1. The predicted molar refractivity (Wildman–Crippen MR) is 160 cm³/mol. The summed E-state index contributed by atoms with van der Waals surface area (Å²) in [6.45, 7) is 4.69. The number of fused-ring (bicyclic) bond motifs is 1. The number of amides is 2. The molecule has 2 saturated heterocycles. The lowest BCUT2D eigenvalue weighted by Gasteiger charge is -2.40. The maximum absolute atomic E-state index is 12.0. The van der Waals surface area contributed by atoms with E-state index < -0.39 is 0 Å². The van der Waals surface area contributed by atoms with E-state index in [2.05, 4.69) is 55.1 Å². The van der Waals surface area contributed by atoms with E-state index in [0.29, 0.717) is 45.3 Å². The largest absolute Gasteiger partial charge is 0.374 e. The van der Waals surface area contributed by atoms with Gasteiger partial charge in [-0.05, 0) is 49.9 Å². The van der Waals surface area contributed by atoms with E-state index in [1.54, 1.807) is 12.3 Å². The number of hydrogen-bond donors (Lipinski definition) is 4. The number of nitrogens with zero attached hydrogens (tertiary/aromatic N) is 4. The monoisotopic (exact) mass is 592 g/mol. The van der Waals surface area contributed by atoms with Gasteiger partial charge in [0.1, 0.15) is 23.1 Å². The quantitative estimate of drug-likeness (QED) is 0.227. The van der Waals surface area contributed by atoms with Crippen molar-refractivity contribution in [2.24, 2.45) is 0 Å². The van der Waals surface area contributed by atoms with Crippen LogP contribution >= 0.6 is 23.2 Å². The molecular weight excluding hydrogens is 563 g/mol. The zero-order valence-electron chi connectivity index (χ0n) is 22.5. The summed E-state index contributed by atoms with van der Waals surface area (Å²) in [6, 6.07) is 13.1. The van der Waals surface area contributed by atoms with Gasteiger partial charge in [0.15, 0.2) is 5.65 Å². The second-order valence-electron chi connectivity index (χ2n) is 10.8. The van der Waals surface area contributed by atoms with Gasteiger partial charge in [-0.25, -0.2) is 9.97 Å². The van der Waals surface area contributed by atoms with E-state index >= 15 is 0 Å². The van der Waals surface area contributed by atoms with Crippen LogP contribution in [0.15, 0.2) is 48.7 Å². The van der Waals surface area contributed by atoms with E-state index in [1.807, 2.05) is 24.3 Å². The molecule has 4 N–H and O–H groups in total. The smallest absolute Gasteiger partial charge is 0.249 e. The average molecular weight is 594 g/mol. The molecule has 2 fully saturated rings. The number of carbonyl (C=O) groups is 2. The Morgan fingerprint density at radius 3 is 2.63 bits per heavy atom. The standard InChI is InChI=1S/C29H30Cl2N8O2/c1-29(33-15-17-5-7-18(8-6-17)34-21-9-10-23(40)36-28(21)41)11-13-39(14-12-29)22-16-32-26-25(37-38-27(26)35-22)19-3-2-4-20(30)24(19)31/h2-8,16,21,33-34H,9-15H2,1H3,(H,35,37,38)(H,36,40,41). The Hall–Kier alpha value is -3.73. The molecule has 0 spiro atoms. The van der Waals surface area contributed by atoms with Crippen LogP contribution in [0.3, 0.4) is 0 Å². The van der Waals surface area contributed by atoms with E-state index in [-0.39, 0.29) is 23.4 Å². The number of aromatic nitrogens is 4. The Bertz CT molecular complexity index is 1600. The lowest BCUT2D eigenvalue weighted by molar-refractivity contribution is -0.133. The third-order valence-corrected chi connectivity index (χ3v) is 8.73. The van der Waals surface area contributed by atoms with Crippen LogP contribution in [0.2, 0.25) is 10.0 Å². The van der Waals surface area contributed by atoms with Crippen molar-refractivity contribution < 1.29 is 9.59 Å². The van der Waals surface area contributed by atoms with Crippen molar-refractivity contribution in [2.45, 2.75) is 50.7 Å². The van der Waals surface area contributed by atoms with Gasteiger partial charge in [0, 0.05) is 42.8 Å². The van der Waals surface area contributed by atoms with Crippen molar-refractivity contribution in [1.82, 2.24) is 30.8 Å². The topological polar surface area (TPSA) is 128 Å². The highest BCUT2D eigenvalue weighted by Crippen LogP contribution is 2.35. The average Bonchev–Trinajstić information content (AvgIpc) is 3.39. The second-order valence-corrected chi connectivity index (χ2v) is 11.6. The summed E-state index contributed by atoms with van der Waals surface area (Å²) >= 11 is 12.6. The van der Waals surface area contributed by atoms with Gasteiger partial charge in [-0.3, -0.25) is 20.0 Å². The first-order valence-corrected chi connectivity index (χ1v) is 14.4. The van der Waals surface area contributed by atoms with Crippen LogP contribution in [0.4, 0.5) is 11.5 Å². The van der Waals surface area contributed by atoms with Gasteiger partial charge in [-0.2, -0.15) is 5.10 Å². The van der Waals surface area contributed by atoms with E-state index in [9.17, 15) is 9.59 Å². The highest BCUT2D eigenvalue weighted by Gasteiger charge is 2.31. The summed E-state index contributed by atoms with van der Waals surface area (Å²) in [5.74, 6) is 0.329. The number of nitrogens with one attached hydrogen (secondary N) is 4.